The summed E-state index contributed by atoms with van der Waals surface area (Å²) >= 11 is 3.35. The molecule has 4 rings (SSSR count). The fraction of sp³-hybridized carbons (Fsp3) is 0.208. The van der Waals surface area contributed by atoms with Crippen LogP contribution in [-0.4, -0.2) is 35.6 Å². The van der Waals surface area contributed by atoms with Crippen molar-refractivity contribution in [3.8, 4) is 5.69 Å². The number of ether oxygens (including phenoxy) is 1. The zero-order valence-electron chi connectivity index (χ0n) is 17.2. The third kappa shape index (κ3) is 5.15. The van der Waals surface area contributed by atoms with Crippen LogP contribution in [-0.2, 0) is 4.74 Å². The number of nitrogens with one attached hydrogen (secondary N) is 2. The lowest BCUT2D eigenvalue weighted by Crippen LogP contribution is -2.36. The fourth-order valence-electron chi connectivity index (χ4n) is 3.49. The molecule has 0 bridgehead atoms. The van der Waals surface area contributed by atoms with Gasteiger partial charge in [0, 0.05) is 40.8 Å². The van der Waals surface area contributed by atoms with E-state index < -0.39 is 11.5 Å². The van der Waals surface area contributed by atoms with Gasteiger partial charge in [0.15, 0.2) is 0 Å². The van der Waals surface area contributed by atoms with E-state index in [9.17, 15) is 14.4 Å². The van der Waals surface area contributed by atoms with Crippen molar-refractivity contribution in [2.24, 2.45) is 0 Å². The third-order valence-corrected chi connectivity index (χ3v) is 5.74. The van der Waals surface area contributed by atoms with E-state index >= 15 is 0 Å². The van der Waals surface area contributed by atoms with Crippen LogP contribution < -0.4 is 16.2 Å². The van der Waals surface area contributed by atoms with E-state index in [4.69, 9.17) is 4.74 Å². The average Bonchev–Trinajstić information content (AvgIpc) is 3.32. The Bertz CT molecular complexity index is 1170. The van der Waals surface area contributed by atoms with E-state index in [0.717, 1.165) is 17.3 Å². The van der Waals surface area contributed by atoms with Crippen LogP contribution in [0.4, 0.5) is 5.69 Å². The largest absolute Gasteiger partial charge is 0.376 e. The molecule has 7 nitrogen and oxygen atoms in total. The van der Waals surface area contributed by atoms with E-state index in [0.29, 0.717) is 30.1 Å². The number of nitrogens with zero attached hydrogens (tertiary/aromatic N) is 1. The summed E-state index contributed by atoms with van der Waals surface area (Å²) in [6.07, 6.45) is 3.50. The second kappa shape index (κ2) is 9.93. The number of pyridine rings is 1. The number of carbonyl (C=O) groups is 2. The number of hydrogen-bond donors (Lipinski definition) is 2. The summed E-state index contributed by atoms with van der Waals surface area (Å²) in [4.78, 5) is 37.8. The monoisotopic (exact) mass is 495 g/mol. The number of aromatic nitrogens is 1. The van der Waals surface area contributed by atoms with E-state index in [1.807, 2.05) is 0 Å². The molecule has 0 spiro atoms. The Morgan fingerprint density at radius 1 is 1.03 bits per heavy atom. The van der Waals surface area contributed by atoms with Gasteiger partial charge in [0.25, 0.3) is 17.4 Å². The Balaban J connectivity index is 1.46. The quantitative estimate of drug-likeness (QED) is 0.544. The first-order chi connectivity index (χ1) is 15.5. The third-order valence-electron chi connectivity index (χ3n) is 5.22. The molecule has 2 aromatic carbocycles. The predicted molar refractivity (Wildman–Crippen MR) is 125 cm³/mol. The molecule has 1 fully saturated rings. The van der Waals surface area contributed by atoms with Gasteiger partial charge in [0.1, 0.15) is 5.56 Å². The average molecular weight is 496 g/mol. The minimum atomic E-state index is -0.418. The first kappa shape index (κ1) is 22.0. The highest BCUT2D eigenvalue weighted by Gasteiger charge is 2.18. The molecule has 0 radical (unpaired) electrons. The minimum absolute atomic E-state index is 0.00468. The molecule has 1 atom stereocenters. The zero-order chi connectivity index (χ0) is 22.5. The standard InChI is InChI=1S/C24H22BrN3O4/c25-17-7-5-16(6-8-17)22(29)27-18-9-11-19(12-10-18)28-13-1-4-21(24(28)31)23(30)26-15-20-3-2-14-32-20/h1,4-13,20H,2-3,14-15H2,(H,26,30)(H,27,29). The van der Waals surface area contributed by atoms with Crippen LogP contribution in [0.5, 0.6) is 0 Å². The number of benzene rings is 2. The molecule has 1 saturated heterocycles. The summed E-state index contributed by atoms with van der Waals surface area (Å²) < 4.78 is 7.80. The lowest BCUT2D eigenvalue weighted by molar-refractivity contribution is 0.0856. The molecule has 0 saturated carbocycles. The van der Waals surface area contributed by atoms with Crippen molar-refractivity contribution in [3.05, 3.63) is 92.8 Å². The van der Waals surface area contributed by atoms with Crippen LogP contribution >= 0.6 is 15.9 Å². The molecule has 1 aliphatic heterocycles. The summed E-state index contributed by atoms with van der Waals surface area (Å²) in [5.74, 6) is -0.648. The number of anilines is 1. The molecule has 8 heteroatoms. The second-order valence-corrected chi connectivity index (χ2v) is 8.37. The highest BCUT2D eigenvalue weighted by Crippen LogP contribution is 2.16. The Hall–Kier alpha value is -3.23. The second-order valence-electron chi connectivity index (χ2n) is 7.45. The van der Waals surface area contributed by atoms with Crippen molar-refractivity contribution in [1.29, 1.82) is 0 Å². The van der Waals surface area contributed by atoms with Gasteiger partial charge in [-0.3, -0.25) is 19.0 Å². The van der Waals surface area contributed by atoms with Crippen molar-refractivity contribution in [2.45, 2.75) is 18.9 Å². The summed E-state index contributed by atoms with van der Waals surface area (Å²) in [6.45, 7) is 1.10. The van der Waals surface area contributed by atoms with Crippen LogP contribution in [0.25, 0.3) is 5.69 Å². The normalized spacial score (nSPS) is 15.3. The molecular weight excluding hydrogens is 474 g/mol. The SMILES string of the molecule is O=C(Nc1ccc(-n2cccc(C(=O)NCC3CCCO3)c2=O)cc1)c1ccc(Br)cc1. The number of rotatable bonds is 6. The molecule has 1 aliphatic rings. The van der Waals surface area contributed by atoms with Crippen LogP contribution in [0, 0.1) is 0 Å². The number of amides is 2. The molecule has 0 aliphatic carbocycles. The van der Waals surface area contributed by atoms with Crippen molar-refractivity contribution in [1.82, 2.24) is 9.88 Å². The number of hydrogen-bond acceptors (Lipinski definition) is 4. The maximum atomic E-state index is 12.9. The van der Waals surface area contributed by atoms with Gasteiger partial charge in [0.2, 0.25) is 0 Å². The highest BCUT2D eigenvalue weighted by molar-refractivity contribution is 9.10. The minimum Gasteiger partial charge on any atom is -0.376 e. The topological polar surface area (TPSA) is 89.4 Å². The smallest absolute Gasteiger partial charge is 0.267 e. The molecular formula is C24H22BrN3O4. The van der Waals surface area contributed by atoms with Gasteiger partial charge < -0.3 is 15.4 Å². The van der Waals surface area contributed by atoms with Crippen molar-refractivity contribution in [3.63, 3.8) is 0 Å². The molecule has 1 aromatic heterocycles. The first-order valence-electron chi connectivity index (χ1n) is 10.3. The maximum Gasteiger partial charge on any atom is 0.267 e. The molecule has 3 aromatic rings. The fourth-order valence-corrected chi connectivity index (χ4v) is 3.75. The maximum absolute atomic E-state index is 12.9. The van der Waals surface area contributed by atoms with E-state index in [1.54, 1.807) is 60.8 Å². The van der Waals surface area contributed by atoms with Crippen LogP contribution in [0.3, 0.4) is 0 Å². The Morgan fingerprint density at radius 3 is 2.47 bits per heavy atom. The summed E-state index contributed by atoms with van der Waals surface area (Å²) in [5, 5.41) is 5.61. The van der Waals surface area contributed by atoms with Gasteiger partial charge in [-0.2, -0.15) is 0 Å². The molecule has 1 unspecified atom stereocenters. The number of halogens is 1. The van der Waals surface area contributed by atoms with Gasteiger partial charge >= 0.3 is 0 Å². The Kier molecular flexibility index (Phi) is 6.82. The summed E-state index contributed by atoms with van der Waals surface area (Å²) in [6, 6.07) is 17.1. The van der Waals surface area contributed by atoms with Crippen molar-refractivity contribution >= 4 is 33.4 Å². The Labute approximate surface area is 193 Å². The van der Waals surface area contributed by atoms with Crippen LogP contribution in [0.15, 0.2) is 76.1 Å². The van der Waals surface area contributed by atoms with E-state index in [-0.39, 0.29) is 17.6 Å². The van der Waals surface area contributed by atoms with Gasteiger partial charge in [-0.1, -0.05) is 15.9 Å². The summed E-state index contributed by atoms with van der Waals surface area (Å²) in [5.41, 5.74) is 1.38. The van der Waals surface area contributed by atoms with Gasteiger partial charge in [-0.25, -0.2) is 0 Å². The van der Waals surface area contributed by atoms with E-state index in [2.05, 4.69) is 26.6 Å². The van der Waals surface area contributed by atoms with Gasteiger partial charge in [-0.05, 0) is 73.5 Å². The predicted octanol–water partition coefficient (Wildman–Crippen LogP) is 3.76. The summed E-state index contributed by atoms with van der Waals surface area (Å²) in [7, 11) is 0. The molecule has 32 heavy (non-hydrogen) atoms. The van der Waals surface area contributed by atoms with Gasteiger partial charge in [0.05, 0.1) is 6.10 Å². The Morgan fingerprint density at radius 2 is 1.78 bits per heavy atom. The first-order valence-corrected chi connectivity index (χ1v) is 11.1. The number of carbonyl (C=O) groups excluding carboxylic acids is 2. The van der Waals surface area contributed by atoms with Crippen LogP contribution in [0.2, 0.25) is 0 Å². The zero-order valence-corrected chi connectivity index (χ0v) is 18.8. The van der Waals surface area contributed by atoms with Crippen molar-refractivity contribution in [2.75, 3.05) is 18.5 Å². The molecule has 2 amide bonds. The lowest BCUT2D eigenvalue weighted by Gasteiger charge is -2.12. The molecule has 2 heterocycles. The molecule has 164 valence electrons. The van der Waals surface area contributed by atoms with Crippen molar-refractivity contribution < 1.29 is 14.3 Å². The van der Waals surface area contributed by atoms with Gasteiger partial charge in [-0.15, -0.1) is 0 Å². The lowest BCUT2D eigenvalue weighted by atomic mass is 10.2. The van der Waals surface area contributed by atoms with E-state index in [1.165, 1.54) is 10.6 Å². The van der Waals surface area contributed by atoms with Crippen LogP contribution in [0.1, 0.15) is 33.6 Å². The highest BCUT2D eigenvalue weighted by atomic mass is 79.9. The molecule has 2 N–H and O–H groups in total.